The summed E-state index contributed by atoms with van der Waals surface area (Å²) in [6.07, 6.45) is 4.39. The van der Waals surface area contributed by atoms with Crippen molar-refractivity contribution < 1.29 is 19.2 Å². The van der Waals surface area contributed by atoms with Crippen molar-refractivity contribution in [3.63, 3.8) is 0 Å². The fourth-order valence-electron chi connectivity index (χ4n) is 6.06. The number of carbonyl (C=O) groups excluding carboxylic acids is 1. The minimum Gasteiger partial charge on any atom is -0.458 e. The van der Waals surface area contributed by atoms with Crippen LogP contribution in [0.1, 0.15) is 74.9 Å². The van der Waals surface area contributed by atoms with Crippen molar-refractivity contribution in [2.24, 2.45) is 0 Å². The van der Waals surface area contributed by atoms with Gasteiger partial charge in [0.05, 0.1) is 0 Å². The molecule has 0 aliphatic carbocycles. The Kier molecular flexibility index (Phi) is 4.91. The van der Waals surface area contributed by atoms with E-state index < -0.39 is 28.8 Å². The van der Waals surface area contributed by atoms with Crippen LogP contribution in [0.3, 0.4) is 0 Å². The average molecular weight is 440 g/mol. The van der Waals surface area contributed by atoms with Gasteiger partial charge in [0.15, 0.2) is 0 Å². The molecule has 0 bridgehead atoms. The van der Waals surface area contributed by atoms with E-state index in [0.717, 1.165) is 54.8 Å². The van der Waals surface area contributed by atoms with Gasteiger partial charge in [-0.3, -0.25) is 0 Å². The van der Waals surface area contributed by atoms with Gasteiger partial charge in [0.2, 0.25) is 0 Å². The number of carbonyl (C=O) groups is 1. The predicted octanol–water partition coefficient (Wildman–Crippen LogP) is 4.02. The van der Waals surface area contributed by atoms with Crippen LogP contribution in [0.5, 0.6) is 0 Å². The molecule has 171 valence electrons. The highest BCUT2D eigenvalue weighted by atomic mass is 16.5. The maximum atomic E-state index is 13.0. The van der Waals surface area contributed by atoms with Gasteiger partial charge in [0, 0.05) is 53.6 Å². The van der Waals surface area contributed by atoms with E-state index in [-0.39, 0.29) is 5.56 Å². The summed E-state index contributed by atoms with van der Waals surface area (Å²) in [4.78, 5) is 28.2. The molecule has 7 nitrogen and oxygen atoms in total. The van der Waals surface area contributed by atoms with Crippen molar-refractivity contribution in [2.45, 2.75) is 83.4 Å². The Labute approximate surface area is 187 Å². The van der Waals surface area contributed by atoms with E-state index >= 15 is 0 Å². The van der Waals surface area contributed by atoms with Gasteiger partial charge in [-0.25, -0.2) is 9.59 Å². The second-order valence-electron chi connectivity index (χ2n) is 10.8. The number of nitrogens with zero attached hydrogens (tertiary/aromatic N) is 2. The summed E-state index contributed by atoms with van der Waals surface area (Å²) in [5.74, 6) is -0.676. The number of anilines is 1. The van der Waals surface area contributed by atoms with Gasteiger partial charge in [0.1, 0.15) is 17.3 Å². The molecule has 2 aromatic rings. The molecular weight excluding hydrogens is 408 g/mol. The molecule has 1 aromatic heterocycles. The van der Waals surface area contributed by atoms with E-state index in [1.165, 1.54) is 11.3 Å². The lowest BCUT2D eigenvalue weighted by atomic mass is 9.80. The standard InChI is InChI=1S/C25H31N2O5/c1-24(2)13-17(14-25(3,4)27(24)30)31-22(28)19-12-16-11-15-7-5-9-26-10-6-8-18(20(15)26)21(16)32-23(19)29/h11-12,17H,5-10,13-14H2,1-4H3. The number of ether oxygens (including phenoxy) is 1. The van der Waals surface area contributed by atoms with E-state index in [1.54, 1.807) is 6.07 Å². The zero-order valence-electron chi connectivity index (χ0n) is 19.3. The van der Waals surface area contributed by atoms with E-state index in [4.69, 9.17) is 9.15 Å². The van der Waals surface area contributed by atoms with E-state index in [0.29, 0.717) is 18.4 Å². The third-order valence-corrected chi connectivity index (χ3v) is 7.26. The van der Waals surface area contributed by atoms with Crippen molar-refractivity contribution >= 4 is 22.6 Å². The molecule has 5 rings (SSSR count). The molecular formula is C25H31N2O5. The Bertz CT molecular complexity index is 1130. The third-order valence-electron chi connectivity index (χ3n) is 7.26. The third kappa shape index (κ3) is 3.42. The first-order valence-corrected chi connectivity index (χ1v) is 11.6. The molecule has 1 aromatic carbocycles. The Morgan fingerprint density at radius 3 is 2.41 bits per heavy atom. The molecule has 0 spiro atoms. The summed E-state index contributed by atoms with van der Waals surface area (Å²) in [5.41, 5.74) is 2.12. The monoisotopic (exact) mass is 439 g/mol. The normalized spacial score (nSPS) is 22.6. The fraction of sp³-hybridized carbons (Fsp3) is 0.600. The largest absolute Gasteiger partial charge is 0.458 e. The van der Waals surface area contributed by atoms with E-state index in [2.05, 4.69) is 11.0 Å². The van der Waals surface area contributed by atoms with Crippen LogP contribution in [0.2, 0.25) is 0 Å². The van der Waals surface area contributed by atoms with Crippen LogP contribution in [0, 0.1) is 0 Å². The van der Waals surface area contributed by atoms with E-state index in [1.807, 2.05) is 27.7 Å². The minimum atomic E-state index is -0.676. The maximum absolute atomic E-state index is 13.0. The molecule has 32 heavy (non-hydrogen) atoms. The van der Waals surface area contributed by atoms with Gasteiger partial charge in [0.25, 0.3) is 0 Å². The first kappa shape index (κ1) is 21.5. The first-order chi connectivity index (χ1) is 15.1. The molecule has 3 aliphatic rings. The highest BCUT2D eigenvalue weighted by Crippen LogP contribution is 2.40. The summed E-state index contributed by atoms with van der Waals surface area (Å²) < 4.78 is 11.5. The lowest BCUT2D eigenvalue weighted by Crippen LogP contribution is -2.60. The van der Waals surface area contributed by atoms with Gasteiger partial charge in [-0.15, -0.1) is 10.3 Å². The number of rotatable bonds is 2. The Morgan fingerprint density at radius 2 is 1.72 bits per heavy atom. The summed E-state index contributed by atoms with van der Waals surface area (Å²) in [6, 6.07) is 3.69. The van der Waals surface area contributed by atoms with Crippen molar-refractivity contribution in [3.05, 3.63) is 39.2 Å². The number of esters is 1. The van der Waals surface area contributed by atoms with Gasteiger partial charge in [-0.05, 0) is 71.1 Å². The number of piperidine rings is 1. The quantitative estimate of drug-likeness (QED) is 0.519. The summed E-state index contributed by atoms with van der Waals surface area (Å²) >= 11 is 0. The Hall–Kier alpha value is -2.38. The van der Waals surface area contributed by atoms with Crippen molar-refractivity contribution in [1.29, 1.82) is 0 Å². The molecule has 4 heterocycles. The van der Waals surface area contributed by atoms with Gasteiger partial charge in [-0.1, -0.05) is 0 Å². The molecule has 7 heteroatoms. The van der Waals surface area contributed by atoms with Crippen LogP contribution < -0.4 is 10.5 Å². The van der Waals surface area contributed by atoms with Crippen molar-refractivity contribution in [1.82, 2.24) is 5.06 Å². The van der Waals surface area contributed by atoms with E-state index in [9.17, 15) is 14.8 Å². The number of aryl methyl sites for hydroxylation is 2. The number of hydroxylamine groups is 2. The van der Waals surface area contributed by atoms with Crippen molar-refractivity contribution in [3.8, 4) is 0 Å². The van der Waals surface area contributed by atoms with Crippen molar-refractivity contribution in [2.75, 3.05) is 18.0 Å². The number of hydrogen-bond acceptors (Lipinski definition) is 6. The van der Waals surface area contributed by atoms with Gasteiger partial charge < -0.3 is 14.1 Å². The second-order valence-corrected chi connectivity index (χ2v) is 10.8. The number of benzene rings is 1. The highest BCUT2D eigenvalue weighted by molar-refractivity contribution is 5.95. The smallest absolute Gasteiger partial charge is 0.351 e. The fourth-order valence-corrected chi connectivity index (χ4v) is 6.06. The average Bonchev–Trinajstić information content (AvgIpc) is 2.72. The summed E-state index contributed by atoms with van der Waals surface area (Å²) in [5, 5.41) is 14.5. The molecule has 0 saturated carbocycles. The molecule has 1 saturated heterocycles. The zero-order valence-corrected chi connectivity index (χ0v) is 19.3. The van der Waals surface area contributed by atoms with Crippen LogP contribution in [0.25, 0.3) is 11.0 Å². The SMILES string of the molecule is CC1(C)CC(OC(=O)c2cc3cc4c5c(c3oc2=O)CCCN5CCC4)CC(C)(C)N1[O]. The van der Waals surface area contributed by atoms with Crippen LogP contribution in [0.15, 0.2) is 21.3 Å². The Morgan fingerprint density at radius 1 is 1.06 bits per heavy atom. The first-order valence-electron chi connectivity index (χ1n) is 11.6. The molecule has 0 unspecified atom stereocenters. The molecule has 3 aliphatic heterocycles. The summed E-state index contributed by atoms with van der Waals surface area (Å²) in [7, 11) is 0. The molecule has 1 radical (unpaired) electrons. The predicted molar refractivity (Wildman–Crippen MR) is 120 cm³/mol. The van der Waals surface area contributed by atoms with Gasteiger partial charge >= 0.3 is 11.6 Å². The number of hydrogen-bond donors (Lipinski definition) is 0. The Balaban J connectivity index is 1.49. The molecule has 0 amide bonds. The molecule has 0 atom stereocenters. The summed E-state index contributed by atoms with van der Waals surface area (Å²) in [6.45, 7) is 9.48. The lowest BCUT2D eigenvalue weighted by molar-refractivity contribution is -0.298. The van der Waals surface area contributed by atoms with Crippen LogP contribution in [0.4, 0.5) is 5.69 Å². The highest BCUT2D eigenvalue weighted by Gasteiger charge is 2.47. The molecule has 1 fully saturated rings. The van der Waals surface area contributed by atoms with Crippen LogP contribution in [-0.2, 0) is 22.8 Å². The minimum absolute atomic E-state index is 0.0757. The van der Waals surface area contributed by atoms with Gasteiger partial charge in [-0.2, -0.15) is 0 Å². The topological polar surface area (TPSA) is 82.9 Å². The maximum Gasteiger partial charge on any atom is 0.351 e. The lowest BCUT2D eigenvalue weighted by Gasteiger charge is -2.49. The zero-order chi connectivity index (χ0) is 22.8. The molecule has 0 N–H and O–H groups in total. The van der Waals surface area contributed by atoms with Crippen LogP contribution in [-0.4, -0.2) is 41.3 Å². The number of fused-ring (bicyclic) bond motifs is 2. The second kappa shape index (κ2) is 7.32. The van der Waals surface area contributed by atoms with Crippen LogP contribution >= 0.6 is 0 Å².